The highest BCUT2D eigenvalue weighted by Crippen LogP contribution is 2.25. The molecule has 1 atom stereocenters. The van der Waals surface area contributed by atoms with Crippen LogP contribution in [0.25, 0.3) is 0 Å². The van der Waals surface area contributed by atoms with Crippen LogP contribution in [0.15, 0.2) is 18.2 Å². The average molecular weight is 331 g/mol. The monoisotopic (exact) mass is 330 g/mol. The van der Waals surface area contributed by atoms with Gasteiger partial charge in [0.1, 0.15) is 5.75 Å². The molecule has 0 aromatic heterocycles. The SMILES string of the molecule is CCOc1ccc(C(O)C(=O)O)cc1C(=O)CCBr. The van der Waals surface area contributed by atoms with E-state index in [9.17, 15) is 14.7 Å². The van der Waals surface area contributed by atoms with E-state index >= 15 is 0 Å². The molecule has 0 saturated heterocycles. The van der Waals surface area contributed by atoms with Gasteiger partial charge in [0.15, 0.2) is 11.9 Å². The number of carbonyl (C=O) groups excluding carboxylic acids is 1. The number of Topliss-reactive ketones (excluding diaryl/α,β-unsaturated/α-hetero) is 1. The molecular weight excluding hydrogens is 316 g/mol. The lowest BCUT2D eigenvalue weighted by molar-refractivity contribution is -0.146. The van der Waals surface area contributed by atoms with Gasteiger partial charge < -0.3 is 14.9 Å². The van der Waals surface area contributed by atoms with Crippen LogP contribution in [0.4, 0.5) is 0 Å². The second-order valence-corrected chi connectivity index (χ2v) is 4.58. The first kappa shape index (κ1) is 15.7. The van der Waals surface area contributed by atoms with Crippen LogP contribution in [0.1, 0.15) is 35.4 Å². The first-order valence-electron chi connectivity index (χ1n) is 5.78. The summed E-state index contributed by atoms with van der Waals surface area (Å²) in [6.07, 6.45) is -1.38. The number of halogens is 1. The number of aliphatic carboxylic acids is 1. The number of carbonyl (C=O) groups is 2. The fourth-order valence-electron chi connectivity index (χ4n) is 1.58. The third kappa shape index (κ3) is 4.04. The molecule has 0 aliphatic rings. The first-order valence-corrected chi connectivity index (χ1v) is 6.90. The zero-order valence-electron chi connectivity index (χ0n) is 10.4. The van der Waals surface area contributed by atoms with Crippen LogP contribution < -0.4 is 4.74 Å². The summed E-state index contributed by atoms with van der Waals surface area (Å²) in [6, 6.07) is 4.32. The van der Waals surface area contributed by atoms with E-state index in [2.05, 4.69) is 15.9 Å². The highest BCUT2D eigenvalue weighted by atomic mass is 79.9. The summed E-state index contributed by atoms with van der Waals surface area (Å²) in [5, 5.41) is 18.8. The maximum absolute atomic E-state index is 11.9. The molecule has 2 N–H and O–H groups in total. The summed E-state index contributed by atoms with van der Waals surface area (Å²) in [5.74, 6) is -1.13. The molecule has 1 aromatic rings. The van der Waals surface area contributed by atoms with Crippen molar-refractivity contribution in [1.29, 1.82) is 0 Å². The molecule has 0 spiro atoms. The first-order chi connectivity index (χ1) is 9.01. The number of benzene rings is 1. The molecule has 1 aromatic carbocycles. The fraction of sp³-hybridized carbons (Fsp3) is 0.385. The number of carboxylic acid groups (broad SMARTS) is 1. The Balaban J connectivity index is 3.17. The second kappa shape index (κ2) is 7.25. The highest BCUT2D eigenvalue weighted by molar-refractivity contribution is 9.09. The number of ketones is 1. The summed E-state index contributed by atoms with van der Waals surface area (Å²) >= 11 is 3.18. The van der Waals surface area contributed by atoms with Gasteiger partial charge in [0.25, 0.3) is 0 Å². The van der Waals surface area contributed by atoms with Crippen molar-refractivity contribution in [2.45, 2.75) is 19.4 Å². The van der Waals surface area contributed by atoms with Crippen molar-refractivity contribution in [3.63, 3.8) is 0 Å². The van der Waals surface area contributed by atoms with Gasteiger partial charge in [-0.3, -0.25) is 4.79 Å². The maximum atomic E-state index is 11.9. The molecule has 0 aliphatic carbocycles. The maximum Gasteiger partial charge on any atom is 0.337 e. The second-order valence-electron chi connectivity index (χ2n) is 3.79. The Bertz CT molecular complexity index is 472. The molecule has 0 fully saturated rings. The summed E-state index contributed by atoms with van der Waals surface area (Å²) in [6.45, 7) is 2.19. The van der Waals surface area contributed by atoms with E-state index in [4.69, 9.17) is 9.84 Å². The van der Waals surface area contributed by atoms with Crippen LogP contribution >= 0.6 is 15.9 Å². The van der Waals surface area contributed by atoms with Crippen molar-refractivity contribution >= 4 is 27.7 Å². The summed E-state index contributed by atoms with van der Waals surface area (Å²) in [7, 11) is 0. The van der Waals surface area contributed by atoms with E-state index in [-0.39, 0.29) is 17.8 Å². The number of aliphatic hydroxyl groups is 1. The molecule has 19 heavy (non-hydrogen) atoms. The smallest absolute Gasteiger partial charge is 0.337 e. The minimum absolute atomic E-state index is 0.161. The van der Waals surface area contributed by atoms with Gasteiger partial charge in [-0.2, -0.15) is 0 Å². The van der Waals surface area contributed by atoms with E-state index in [1.807, 2.05) is 0 Å². The Hall–Kier alpha value is -1.40. The van der Waals surface area contributed by atoms with E-state index in [1.165, 1.54) is 18.2 Å². The number of aliphatic hydroxyl groups excluding tert-OH is 1. The lowest BCUT2D eigenvalue weighted by atomic mass is 10.0. The van der Waals surface area contributed by atoms with Gasteiger partial charge in [0, 0.05) is 11.8 Å². The van der Waals surface area contributed by atoms with Gasteiger partial charge in [-0.15, -0.1) is 0 Å². The third-order valence-electron chi connectivity index (χ3n) is 2.48. The quantitative estimate of drug-likeness (QED) is 0.591. The Morgan fingerprint density at radius 1 is 1.42 bits per heavy atom. The Morgan fingerprint density at radius 3 is 2.63 bits per heavy atom. The molecule has 5 nitrogen and oxygen atoms in total. The minimum Gasteiger partial charge on any atom is -0.493 e. The van der Waals surface area contributed by atoms with Gasteiger partial charge in [-0.1, -0.05) is 22.0 Å². The van der Waals surface area contributed by atoms with Gasteiger partial charge in [-0.05, 0) is 24.6 Å². The molecule has 0 bridgehead atoms. The Kier molecular flexibility index (Phi) is 5.98. The fourth-order valence-corrected chi connectivity index (χ4v) is 1.94. The molecule has 0 aliphatic heterocycles. The molecule has 0 saturated carbocycles. The zero-order chi connectivity index (χ0) is 14.4. The number of hydrogen-bond acceptors (Lipinski definition) is 4. The predicted octanol–water partition coefficient (Wildman–Crippen LogP) is 2.17. The standard InChI is InChI=1S/C13H15BrO5/c1-2-19-11-4-3-8(12(16)13(17)18)7-9(11)10(15)5-6-14/h3-4,7,12,16H,2,5-6H2,1H3,(H,17,18). The number of alkyl halides is 1. The largest absolute Gasteiger partial charge is 0.493 e. The lowest BCUT2D eigenvalue weighted by Crippen LogP contribution is -2.12. The van der Waals surface area contributed by atoms with Crippen molar-refractivity contribution in [2.75, 3.05) is 11.9 Å². The zero-order valence-corrected chi connectivity index (χ0v) is 12.0. The topological polar surface area (TPSA) is 83.8 Å². The van der Waals surface area contributed by atoms with Crippen molar-refractivity contribution < 1.29 is 24.5 Å². The summed E-state index contributed by atoms with van der Waals surface area (Å²) in [5.41, 5.74) is 0.452. The number of rotatable bonds is 7. The van der Waals surface area contributed by atoms with Crippen molar-refractivity contribution in [3.8, 4) is 5.75 Å². The molecule has 0 amide bonds. The molecule has 1 rings (SSSR count). The number of ether oxygens (including phenoxy) is 1. The molecule has 0 radical (unpaired) electrons. The minimum atomic E-state index is -1.65. The lowest BCUT2D eigenvalue weighted by Gasteiger charge is -2.12. The predicted molar refractivity (Wildman–Crippen MR) is 72.9 cm³/mol. The van der Waals surface area contributed by atoms with Crippen molar-refractivity contribution in [1.82, 2.24) is 0 Å². The van der Waals surface area contributed by atoms with Crippen LogP contribution in [-0.2, 0) is 4.79 Å². The molecule has 1 unspecified atom stereocenters. The third-order valence-corrected chi connectivity index (χ3v) is 2.87. The normalized spacial score (nSPS) is 11.9. The molecule has 6 heteroatoms. The van der Waals surface area contributed by atoms with E-state index in [1.54, 1.807) is 6.92 Å². The van der Waals surface area contributed by atoms with Gasteiger partial charge in [0.05, 0.1) is 12.2 Å². The van der Waals surface area contributed by atoms with Crippen LogP contribution in [0.2, 0.25) is 0 Å². The van der Waals surface area contributed by atoms with Gasteiger partial charge >= 0.3 is 5.97 Å². The number of carboxylic acids is 1. The van der Waals surface area contributed by atoms with Gasteiger partial charge in [-0.25, -0.2) is 4.79 Å². The van der Waals surface area contributed by atoms with Crippen LogP contribution in [0.3, 0.4) is 0 Å². The molecule has 104 valence electrons. The van der Waals surface area contributed by atoms with Crippen LogP contribution in [0.5, 0.6) is 5.75 Å². The Morgan fingerprint density at radius 2 is 2.11 bits per heavy atom. The van der Waals surface area contributed by atoms with E-state index < -0.39 is 12.1 Å². The van der Waals surface area contributed by atoms with Crippen LogP contribution in [-0.4, -0.2) is 33.9 Å². The van der Waals surface area contributed by atoms with Crippen molar-refractivity contribution in [2.24, 2.45) is 0 Å². The highest BCUT2D eigenvalue weighted by Gasteiger charge is 2.20. The van der Waals surface area contributed by atoms with Gasteiger partial charge in [0.2, 0.25) is 0 Å². The average Bonchev–Trinajstić information content (AvgIpc) is 2.38. The molecule has 0 heterocycles. The molecular formula is C13H15BrO5. The van der Waals surface area contributed by atoms with Crippen LogP contribution in [0, 0.1) is 0 Å². The Labute approximate surface area is 119 Å². The van der Waals surface area contributed by atoms with E-state index in [0.717, 1.165) is 0 Å². The number of hydrogen-bond donors (Lipinski definition) is 2. The van der Waals surface area contributed by atoms with E-state index in [0.29, 0.717) is 23.2 Å². The summed E-state index contributed by atoms with van der Waals surface area (Å²) in [4.78, 5) is 22.7. The summed E-state index contributed by atoms with van der Waals surface area (Å²) < 4.78 is 5.33. The van der Waals surface area contributed by atoms with Crippen molar-refractivity contribution in [3.05, 3.63) is 29.3 Å².